The van der Waals surface area contributed by atoms with Gasteiger partial charge in [-0.1, -0.05) is 18.5 Å². The van der Waals surface area contributed by atoms with E-state index in [-0.39, 0.29) is 17.0 Å². The molecular formula is C13H15BrClF4N. The molecule has 0 saturated heterocycles. The Balaban J connectivity index is 2.95. The molecule has 7 heteroatoms. The van der Waals surface area contributed by atoms with Gasteiger partial charge in [-0.2, -0.15) is 13.2 Å². The predicted molar refractivity (Wildman–Crippen MR) is 75.4 cm³/mol. The second-order valence-electron chi connectivity index (χ2n) is 4.45. The van der Waals surface area contributed by atoms with Crippen molar-refractivity contribution in [2.45, 2.75) is 38.4 Å². The Labute approximate surface area is 128 Å². The van der Waals surface area contributed by atoms with E-state index in [1.165, 1.54) is 12.1 Å². The summed E-state index contributed by atoms with van der Waals surface area (Å²) < 4.78 is 51.3. The van der Waals surface area contributed by atoms with Crippen molar-refractivity contribution in [3.8, 4) is 0 Å². The van der Waals surface area contributed by atoms with Gasteiger partial charge in [-0.25, -0.2) is 4.39 Å². The summed E-state index contributed by atoms with van der Waals surface area (Å²) in [5, 5.41) is 3.21. The van der Waals surface area contributed by atoms with E-state index in [0.717, 1.165) is 6.42 Å². The van der Waals surface area contributed by atoms with Crippen LogP contribution in [0, 0.1) is 5.82 Å². The zero-order valence-corrected chi connectivity index (χ0v) is 13.2. The summed E-state index contributed by atoms with van der Waals surface area (Å²) >= 11 is 8.97. The number of benzene rings is 1. The third-order valence-corrected chi connectivity index (χ3v) is 3.97. The van der Waals surface area contributed by atoms with Crippen molar-refractivity contribution in [1.82, 2.24) is 5.32 Å². The normalized spacial score (nSPS) is 13.6. The first kappa shape index (κ1) is 17.7. The molecule has 1 rings (SSSR count). The van der Waals surface area contributed by atoms with E-state index in [1.807, 2.05) is 6.92 Å². The fourth-order valence-electron chi connectivity index (χ4n) is 1.80. The van der Waals surface area contributed by atoms with Crippen LogP contribution in [0.5, 0.6) is 0 Å². The number of nitrogens with one attached hydrogen (secondary N) is 1. The van der Waals surface area contributed by atoms with Gasteiger partial charge >= 0.3 is 6.18 Å². The van der Waals surface area contributed by atoms with E-state index in [9.17, 15) is 17.6 Å². The van der Waals surface area contributed by atoms with Crippen LogP contribution in [-0.2, 0) is 0 Å². The Morgan fingerprint density at radius 2 is 2.00 bits per heavy atom. The molecule has 114 valence electrons. The lowest BCUT2D eigenvalue weighted by molar-refractivity contribution is -0.136. The summed E-state index contributed by atoms with van der Waals surface area (Å²) in [5.41, 5.74) is 0.163. The second-order valence-corrected chi connectivity index (χ2v) is 5.71. The Hall–Kier alpha value is -0.330. The minimum atomic E-state index is -4.26. The second kappa shape index (κ2) is 7.61. The lowest BCUT2D eigenvalue weighted by Gasteiger charge is -2.21. The van der Waals surface area contributed by atoms with Gasteiger partial charge in [0.05, 0.1) is 5.02 Å². The van der Waals surface area contributed by atoms with Gasteiger partial charge in [-0.15, -0.1) is 0 Å². The van der Waals surface area contributed by atoms with Crippen molar-refractivity contribution in [2.24, 2.45) is 0 Å². The summed E-state index contributed by atoms with van der Waals surface area (Å²) in [6.45, 7) is 2.40. The lowest BCUT2D eigenvalue weighted by Crippen LogP contribution is -2.25. The predicted octanol–water partition coefficient (Wildman–Crippen LogP) is 5.62. The Kier molecular flexibility index (Phi) is 6.75. The van der Waals surface area contributed by atoms with Crippen molar-refractivity contribution in [1.29, 1.82) is 0 Å². The quantitative estimate of drug-likeness (QED) is 0.501. The average Bonchev–Trinajstić information content (AvgIpc) is 2.33. The van der Waals surface area contributed by atoms with E-state index < -0.39 is 24.5 Å². The third-order valence-electron chi connectivity index (χ3n) is 2.77. The van der Waals surface area contributed by atoms with Gasteiger partial charge in [0.25, 0.3) is 0 Å². The first-order valence-electron chi connectivity index (χ1n) is 6.19. The van der Waals surface area contributed by atoms with Gasteiger partial charge in [0.15, 0.2) is 0 Å². The summed E-state index contributed by atoms with van der Waals surface area (Å²) in [6.07, 6.45) is -4.71. The van der Waals surface area contributed by atoms with Gasteiger partial charge in [0.2, 0.25) is 0 Å². The molecular weight excluding hydrogens is 361 g/mol. The molecule has 0 amide bonds. The Morgan fingerprint density at radius 1 is 1.35 bits per heavy atom. The van der Waals surface area contributed by atoms with E-state index in [2.05, 4.69) is 21.2 Å². The molecule has 0 radical (unpaired) electrons. The topological polar surface area (TPSA) is 12.0 Å². The molecule has 0 heterocycles. The van der Waals surface area contributed by atoms with Gasteiger partial charge in [-0.3, -0.25) is 0 Å². The average molecular weight is 377 g/mol. The number of hydrogen-bond donors (Lipinski definition) is 1. The van der Waals surface area contributed by atoms with E-state index in [0.29, 0.717) is 11.0 Å². The van der Waals surface area contributed by atoms with Crippen molar-refractivity contribution in [3.63, 3.8) is 0 Å². The summed E-state index contributed by atoms with van der Waals surface area (Å²) in [6, 6.07) is 1.83. The van der Waals surface area contributed by atoms with Crippen molar-refractivity contribution < 1.29 is 17.6 Å². The molecule has 1 aromatic rings. The molecule has 0 aromatic heterocycles. The molecule has 0 bridgehead atoms. The van der Waals surface area contributed by atoms with Gasteiger partial charge < -0.3 is 5.32 Å². The minimum Gasteiger partial charge on any atom is -0.310 e. The summed E-state index contributed by atoms with van der Waals surface area (Å²) in [7, 11) is 0. The highest BCUT2D eigenvalue weighted by molar-refractivity contribution is 9.10. The van der Waals surface area contributed by atoms with Crippen LogP contribution < -0.4 is 5.32 Å². The molecule has 0 saturated carbocycles. The third kappa shape index (κ3) is 5.58. The first-order chi connectivity index (χ1) is 9.24. The fourth-order valence-corrected chi connectivity index (χ4v) is 2.29. The molecule has 1 N–H and O–H groups in total. The zero-order valence-electron chi connectivity index (χ0n) is 10.8. The minimum absolute atomic E-state index is 0.163. The van der Waals surface area contributed by atoms with E-state index in [1.54, 1.807) is 0 Å². The summed E-state index contributed by atoms with van der Waals surface area (Å²) in [5.74, 6) is -0.572. The largest absolute Gasteiger partial charge is 0.389 e. The van der Waals surface area contributed by atoms with Gasteiger partial charge in [-0.05, 0) is 47.4 Å². The van der Waals surface area contributed by atoms with Crippen LogP contribution in [0.4, 0.5) is 17.6 Å². The molecule has 1 nitrogen and oxygen atoms in total. The molecule has 0 fully saturated rings. The SMILES string of the molecule is CCCNC(CCC(F)(F)F)c1cc(Cl)c(Br)cc1F. The van der Waals surface area contributed by atoms with Gasteiger partial charge in [0, 0.05) is 22.5 Å². The number of alkyl halides is 3. The van der Waals surface area contributed by atoms with Crippen LogP contribution in [0.15, 0.2) is 16.6 Å². The van der Waals surface area contributed by atoms with Crippen LogP contribution in [0.3, 0.4) is 0 Å². The molecule has 0 aliphatic carbocycles. The maximum Gasteiger partial charge on any atom is 0.389 e. The highest BCUT2D eigenvalue weighted by Gasteiger charge is 2.29. The lowest BCUT2D eigenvalue weighted by atomic mass is 10.0. The van der Waals surface area contributed by atoms with Crippen LogP contribution in [0.1, 0.15) is 37.8 Å². The smallest absolute Gasteiger partial charge is 0.310 e. The van der Waals surface area contributed by atoms with Crippen molar-refractivity contribution >= 4 is 27.5 Å². The molecule has 1 atom stereocenters. The highest BCUT2D eigenvalue weighted by atomic mass is 79.9. The Bertz CT molecular complexity index is 451. The van der Waals surface area contributed by atoms with E-state index in [4.69, 9.17) is 11.6 Å². The van der Waals surface area contributed by atoms with Crippen LogP contribution in [0.2, 0.25) is 5.02 Å². The maximum atomic E-state index is 13.9. The fraction of sp³-hybridized carbons (Fsp3) is 0.538. The summed E-state index contributed by atoms with van der Waals surface area (Å²) in [4.78, 5) is 0. The standard InChI is InChI=1S/C13H15BrClF4N/c1-2-5-20-12(3-4-13(17,18)19)8-6-10(15)9(14)7-11(8)16/h6-7,12,20H,2-5H2,1H3. The first-order valence-corrected chi connectivity index (χ1v) is 7.36. The molecule has 20 heavy (non-hydrogen) atoms. The molecule has 0 aliphatic heterocycles. The highest BCUT2D eigenvalue weighted by Crippen LogP contribution is 2.33. The number of halogens is 6. The van der Waals surface area contributed by atoms with Crippen LogP contribution >= 0.6 is 27.5 Å². The van der Waals surface area contributed by atoms with Crippen LogP contribution in [-0.4, -0.2) is 12.7 Å². The van der Waals surface area contributed by atoms with E-state index >= 15 is 0 Å². The number of hydrogen-bond acceptors (Lipinski definition) is 1. The number of rotatable bonds is 6. The van der Waals surface area contributed by atoms with Crippen LogP contribution in [0.25, 0.3) is 0 Å². The Morgan fingerprint density at radius 3 is 2.55 bits per heavy atom. The molecule has 0 spiro atoms. The monoisotopic (exact) mass is 375 g/mol. The van der Waals surface area contributed by atoms with Gasteiger partial charge in [0.1, 0.15) is 5.82 Å². The zero-order chi connectivity index (χ0) is 15.3. The molecule has 0 aliphatic rings. The maximum absolute atomic E-state index is 13.9. The van der Waals surface area contributed by atoms with Crippen molar-refractivity contribution in [3.05, 3.63) is 33.0 Å². The van der Waals surface area contributed by atoms with Crippen molar-refractivity contribution in [2.75, 3.05) is 6.54 Å². The molecule has 1 unspecified atom stereocenters. The molecule has 1 aromatic carbocycles.